The van der Waals surface area contributed by atoms with Crippen LogP contribution in [0.15, 0.2) is 24.3 Å². The van der Waals surface area contributed by atoms with Gasteiger partial charge in [0, 0.05) is 13.1 Å². The second kappa shape index (κ2) is 5.85. The number of rotatable bonds is 2. The molecule has 0 radical (unpaired) electrons. The largest absolute Gasteiger partial charge is 0.369 e. The number of nitrogens with one attached hydrogen (secondary N) is 2. The Morgan fingerprint density at radius 2 is 1.83 bits per heavy atom. The molecule has 1 atom stereocenters. The van der Waals surface area contributed by atoms with Crippen LogP contribution in [-0.4, -0.2) is 60.4 Å². The predicted molar refractivity (Wildman–Crippen MR) is 90.4 cm³/mol. The van der Waals surface area contributed by atoms with Crippen LogP contribution < -0.4 is 10.6 Å². The molecule has 2 N–H and O–H groups in total. The number of para-hydroxylation sites is 2. The van der Waals surface area contributed by atoms with Crippen molar-refractivity contribution in [1.82, 2.24) is 9.80 Å². The SMILES string of the molecule is C[C@H](C(=O)N1CCC2(CC1)Nc1ccccc1NC2=O)N(C)C. The normalized spacial score (nSPS) is 20.7. The molecular weight excluding hydrogens is 292 g/mol. The molecule has 1 fully saturated rings. The third-order valence-electron chi connectivity index (χ3n) is 5.04. The molecular formula is C17H24N4O2. The van der Waals surface area contributed by atoms with Gasteiger partial charge in [0.1, 0.15) is 5.54 Å². The van der Waals surface area contributed by atoms with Crippen molar-refractivity contribution in [1.29, 1.82) is 0 Å². The molecule has 23 heavy (non-hydrogen) atoms. The van der Waals surface area contributed by atoms with Crippen LogP contribution in [0.2, 0.25) is 0 Å². The number of fused-ring (bicyclic) bond motifs is 1. The molecule has 2 aliphatic rings. The van der Waals surface area contributed by atoms with Gasteiger partial charge in [-0.3, -0.25) is 14.5 Å². The Kier molecular flexibility index (Phi) is 4.02. The molecule has 124 valence electrons. The van der Waals surface area contributed by atoms with E-state index in [1.165, 1.54) is 0 Å². The molecule has 0 bridgehead atoms. The van der Waals surface area contributed by atoms with Crippen molar-refractivity contribution in [2.45, 2.75) is 31.3 Å². The van der Waals surface area contributed by atoms with E-state index in [1.807, 2.05) is 55.1 Å². The van der Waals surface area contributed by atoms with Gasteiger partial charge in [0.2, 0.25) is 11.8 Å². The van der Waals surface area contributed by atoms with Gasteiger partial charge in [-0.25, -0.2) is 0 Å². The first-order chi connectivity index (χ1) is 10.9. The van der Waals surface area contributed by atoms with Crippen LogP contribution in [-0.2, 0) is 9.59 Å². The zero-order chi connectivity index (χ0) is 16.6. The topological polar surface area (TPSA) is 64.7 Å². The fourth-order valence-corrected chi connectivity index (χ4v) is 3.20. The number of piperidine rings is 1. The molecule has 1 aromatic carbocycles. The third kappa shape index (κ3) is 2.79. The first-order valence-electron chi connectivity index (χ1n) is 8.07. The summed E-state index contributed by atoms with van der Waals surface area (Å²) in [6, 6.07) is 7.59. The number of hydrogen-bond acceptors (Lipinski definition) is 4. The molecule has 6 heteroatoms. The molecule has 0 aliphatic carbocycles. The highest BCUT2D eigenvalue weighted by molar-refractivity contribution is 6.06. The molecule has 2 heterocycles. The van der Waals surface area contributed by atoms with E-state index in [-0.39, 0.29) is 17.9 Å². The highest BCUT2D eigenvalue weighted by atomic mass is 16.2. The van der Waals surface area contributed by atoms with E-state index in [0.29, 0.717) is 25.9 Å². The van der Waals surface area contributed by atoms with Crippen molar-refractivity contribution in [3.8, 4) is 0 Å². The van der Waals surface area contributed by atoms with E-state index >= 15 is 0 Å². The quantitative estimate of drug-likeness (QED) is 0.865. The molecule has 1 saturated heterocycles. The van der Waals surface area contributed by atoms with Crippen LogP contribution in [0.3, 0.4) is 0 Å². The highest BCUT2D eigenvalue weighted by Crippen LogP contribution is 2.36. The lowest BCUT2D eigenvalue weighted by Gasteiger charge is -2.45. The predicted octanol–water partition coefficient (Wildman–Crippen LogP) is 1.36. The molecule has 0 aromatic heterocycles. The van der Waals surface area contributed by atoms with E-state index in [9.17, 15) is 9.59 Å². The van der Waals surface area contributed by atoms with Gasteiger partial charge in [0.25, 0.3) is 0 Å². The first kappa shape index (κ1) is 15.8. The lowest BCUT2D eigenvalue weighted by molar-refractivity contribution is -0.138. The van der Waals surface area contributed by atoms with Crippen LogP contribution in [0.5, 0.6) is 0 Å². The summed E-state index contributed by atoms with van der Waals surface area (Å²) >= 11 is 0. The Morgan fingerprint density at radius 3 is 2.43 bits per heavy atom. The maximum absolute atomic E-state index is 12.6. The molecule has 6 nitrogen and oxygen atoms in total. The van der Waals surface area contributed by atoms with Gasteiger partial charge in [-0.2, -0.15) is 0 Å². The Hall–Kier alpha value is -2.08. The minimum absolute atomic E-state index is 0.00366. The summed E-state index contributed by atoms with van der Waals surface area (Å²) in [5.74, 6) is 0.130. The molecule has 0 saturated carbocycles. The zero-order valence-electron chi connectivity index (χ0n) is 13.9. The number of likely N-dealkylation sites (N-methyl/N-ethyl adjacent to an activating group) is 1. The van der Waals surface area contributed by atoms with Gasteiger partial charge in [-0.1, -0.05) is 12.1 Å². The van der Waals surface area contributed by atoms with Crippen molar-refractivity contribution in [2.75, 3.05) is 37.8 Å². The van der Waals surface area contributed by atoms with Crippen LogP contribution in [0.4, 0.5) is 11.4 Å². The third-order valence-corrected chi connectivity index (χ3v) is 5.04. The Labute approximate surface area is 136 Å². The monoisotopic (exact) mass is 316 g/mol. The number of hydrogen-bond donors (Lipinski definition) is 2. The molecule has 1 aromatic rings. The van der Waals surface area contributed by atoms with Gasteiger partial charge in [-0.05, 0) is 46.0 Å². The van der Waals surface area contributed by atoms with E-state index in [4.69, 9.17) is 0 Å². The zero-order valence-corrected chi connectivity index (χ0v) is 13.9. The Balaban J connectivity index is 1.71. The van der Waals surface area contributed by atoms with Crippen molar-refractivity contribution < 1.29 is 9.59 Å². The summed E-state index contributed by atoms with van der Waals surface area (Å²) in [5, 5.41) is 6.41. The molecule has 1 spiro atoms. The number of likely N-dealkylation sites (tertiary alicyclic amines) is 1. The fraction of sp³-hybridized carbons (Fsp3) is 0.529. The number of carbonyl (C=O) groups is 2. The molecule has 2 amide bonds. The van der Waals surface area contributed by atoms with Crippen LogP contribution >= 0.6 is 0 Å². The van der Waals surface area contributed by atoms with E-state index in [1.54, 1.807) is 0 Å². The number of amides is 2. The maximum atomic E-state index is 12.6. The van der Waals surface area contributed by atoms with Gasteiger partial charge >= 0.3 is 0 Å². The van der Waals surface area contributed by atoms with Gasteiger partial charge in [0.05, 0.1) is 17.4 Å². The lowest BCUT2D eigenvalue weighted by Crippen LogP contribution is -2.60. The number of carbonyl (C=O) groups excluding carboxylic acids is 2. The molecule has 2 aliphatic heterocycles. The minimum Gasteiger partial charge on any atom is -0.369 e. The highest BCUT2D eigenvalue weighted by Gasteiger charge is 2.45. The van der Waals surface area contributed by atoms with E-state index in [0.717, 1.165) is 11.4 Å². The van der Waals surface area contributed by atoms with Crippen molar-refractivity contribution in [3.63, 3.8) is 0 Å². The second-order valence-electron chi connectivity index (χ2n) is 6.67. The van der Waals surface area contributed by atoms with E-state index in [2.05, 4.69) is 10.6 Å². The minimum atomic E-state index is -0.605. The van der Waals surface area contributed by atoms with Crippen LogP contribution in [0.25, 0.3) is 0 Å². The maximum Gasteiger partial charge on any atom is 0.250 e. The number of benzene rings is 1. The van der Waals surface area contributed by atoms with E-state index < -0.39 is 5.54 Å². The Bertz CT molecular complexity index is 621. The summed E-state index contributed by atoms with van der Waals surface area (Å²) < 4.78 is 0. The number of nitrogens with zero attached hydrogens (tertiary/aromatic N) is 2. The summed E-state index contributed by atoms with van der Waals surface area (Å²) in [4.78, 5) is 28.8. The summed E-state index contributed by atoms with van der Waals surface area (Å²) in [7, 11) is 3.81. The van der Waals surface area contributed by atoms with Gasteiger partial charge in [-0.15, -0.1) is 0 Å². The summed E-state index contributed by atoms with van der Waals surface area (Å²) in [5.41, 5.74) is 1.17. The average molecular weight is 316 g/mol. The van der Waals surface area contributed by atoms with Gasteiger partial charge in [0.15, 0.2) is 0 Å². The Morgan fingerprint density at radius 1 is 1.22 bits per heavy atom. The van der Waals surface area contributed by atoms with Crippen molar-refractivity contribution in [2.24, 2.45) is 0 Å². The second-order valence-corrected chi connectivity index (χ2v) is 6.67. The van der Waals surface area contributed by atoms with Crippen molar-refractivity contribution in [3.05, 3.63) is 24.3 Å². The standard InChI is InChI=1S/C17H24N4O2/c1-12(20(2)3)15(22)21-10-8-17(9-11-21)16(23)18-13-6-4-5-7-14(13)19-17/h4-7,12,19H,8-11H2,1-3H3,(H,18,23)/t12-/m1/s1. The fourth-order valence-electron chi connectivity index (χ4n) is 3.20. The van der Waals surface area contributed by atoms with Crippen molar-refractivity contribution >= 4 is 23.2 Å². The first-order valence-corrected chi connectivity index (χ1v) is 8.07. The smallest absolute Gasteiger partial charge is 0.250 e. The lowest BCUT2D eigenvalue weighted by atomic mass is 9.84. The summed E-state index contributed by atoms with van der Waals surface area (Å²) in [6.45, 7) is 3.10. The van der Waals surface area contributed by atoms with Gasteiger partial charge < -0.3 is 15.5 Å². The summed E-state index contributed by atoms with van der Waals surface area (Å²) in [6.07, 6.45) is 1.25. The van der Waals surface area contributed by atoms with Crippen LogP contribution in [0, 0.1) is 0 Å². The number of anilines is 2. The van der Waals surface area contributed by atoms with Crippen LogP contribution in [0.1, 0.15) is 19.8 Å². The average Bonchev–Trinajstić information content (AvgIpc) is 2.55. The molecule has 0 unspecified atom stereocenters. The molecule has 3 rings (SSSR count).